The van der Waals surface area contributed by atoms with Gasteiger partial charge in [0, 0.05) is 29.4 Å². The number of methoxy groups -OCH3 is 2. The molecule has 2 aromatic carbocycles. The molecular weight excluding hydrogens is 342 g/mol. The second-order valence-electron chi connectivity index (χ2n) is 5.75. The normalized spacial score (nSPS) is 10.6. The predicted molar refractivity (Wildman–Crippen MR) is 103 cm³/mol. The molecule has 4 rings (SSSR count). The number of rotatable bonds is 5. The van der Waals surface area contributed by atoms with E-state index in [2.05, 4.69) is 25.3 Å². The fourth-order valence-corrected chi connectivity index (χ4v) is 2.63. The molecule has 0 unspecified atom stereocenters. The molecule has 0 aliphatic heterocycles. The smallest absolute Gasteiger partial charge is 0.229 e. The van der Waals surface area contributed by atoms with E-state index >= 15 is 0 Å². The lowest BCUT2D eigenvalue weighted by Crippen LogP contribution is -2.00. The number of hydrogen-bond acceptors (Lipinski definition) is 7. The zero-order chi connectivity index (χ0) is 18.6. The molecule has 134 valence electrons. The van der Waals surface area contributed by atoms with Crippen molar-refractivity contribution in [3.8, 4) is 22.8 Å². The van der Waals surface area contributed by atoms with Crippen LogP contribution in [0.1, 0.15) is 0 Å². The highest BCUT2D eigenvalue weighted by atomic mass is 16.5. The monoisotopic (exact) mass is 359 g/mol. The van der Waals surface area contributed by atoms with E-state index in [4.69, 9.17) is 9.47 Å². The molecule has 0 radical (unpaired) electrons. The first-order valence-electron chi connectivity index (χ1n) is 8.30. The van der Waals surface area contributed by atoms with Gasteiger partial charge in [-0.25, -0.2) is 15.0 Å². The van der Waals surface area contributed by atoms with Gasteiger partial charge in [-0.2, -0.15) is 4.98 Å². The Labute approximate surface area is 156 Å². The van der Waals surface area contributed by atoms with Crippen LogP contribution in [0.25, 0.3) is 22.4 Å². The molecule has 2 aromatic heterocycles. The van der Waals surface area contributed by atoms with Crippen molar-refractivity contribution < 1.29 is 9.47 Å². The topological polar surface area (TPSA) is 82.0 Å². The van der Waals surface area contributed by atoms with Crippen LogP contribution in [0, 0.1) is 0 Å². The molecule has 1 N–H and O–H groups in total. The molecular formula is C20H17N5O2. The van der Waals surface area contributed by atoms with Crippen molar-refractivity contribution in [2.24, 2.45) is 0 Å². The Morgan fingerprint density at radius 1 is 0.815 bits per heavy atom. The molecule has 7 heteroatoms. The number of aromatic nitrogens is 4. The second kappa shape index (κ2) is 7.25. The van der Waals surface area contributed by atoms with Crippen LogP contribution in [0.2, 0.25) is 0 Å². The summed E-state index contributed by atoms with van der Waals surface area (Å²) in [5, 5.41) is 3.15. The fraction of sp³-hybridized carbons (Fsp3) is 0.100. The van der Waals surface area contributed by atoms with Crippen molar-refractivity contribution in [2.45, 2.75) is 0 Å². The van der Waals surface area contributed by atoms with Gasteiger partial charge in [-0.3, -0.25) is 0 Å². The lowest BCUT2D eigenvalue weighted by atomic mass is 10.2. The van der Waals surface area contributed by atoms with Crippen LogP contribution in [0.5, 0.6) is 11.5 Å². The Bertz CT molecular complexity index is 1060. The van der Waals surface area contributed by atoms with Crippen molar-refractivity contribution in [1.29, 1.82) is 0 Å². The molecule has 0 spiro atoms. The Morgan fingerprint density at radius 3 is 2.26 bits per heavy atom. The van der Waals surface area contributed by atoms with Crippen molar-refractivity contribution in [3.05, 3.63) is 60.9 Å². The first-order valence-corrected chi connectivity index (χ1v) is 8.30. The lowest BCUT2D eigenvalue weighted by molar-refractivity contribution is 0.395. The Hall–Kier alpha value is -3.74. The lowest BCUT2D eigenvalue weighted by Gasteiger charge is -2.10. The SMILES string of the molecule is COc1cc(Nc2ncc3ncc(-c4ccccc4)nc3n2)cc(OC)c1. The Morgan fingerprint density at radius 2 is 1.56 bits per heavy atom. The van der Waals surface area contributed by atoms with Crippen LogP contribution >= 0.6 is 0 Å². The number of anilines is 2. The van der Waals surface area contributed by atoms with Gasteiger partial charge < -0.3 is 14.8 Å². The van der Waals surface area contributed by atoms with Crippen LogP contribution in [-0.4, -0.2) is 34.2 Å². The average Bonchev–Trinajstić information content (AvgIpc) is 2.73. The molecule has 7 nitrogen and oxygen atoms in total. The van der Waals surface area contributed by atoms with E-state index in [-0.39, 0.29) is 0 Å². The number of benzene rings is 2. The molecule has 2 heterocycles. The highest BCUT2D eigenvalue weighted by molar-refractivity contribution is 5.74. The minimum atomic E-state index is 0.414. The first-order chi connectivity index (χ1) is 13.2. The van der Waals surface area contributed by atoms with E-state index < -0.39 is 0 Å². The summed E-state index contributed by atoms with van der Waals surface area (Å²) >= 11 is 0. The summed E-state index contributed by atoms with van der Waals surface area (Å²) in [6.07, 6.45) is 3.37. The largest absolute Gasteiger partial charge is 0.497 e. The molecule has 4 aromatic rings. The van der Waals surface area contributed by atoms with Crippen LogP contribution in [0.15, 0.2) is 60.9 Å². The van der Waals surface area contributed by atoms with Crippen LogP contribution in [0.4, 0.5) is 11.6 Å². The van der Waals surface area contributed by atoms with E-state index in [1.54, 1.807) is 32.7 Å². The summed E-state index contributed by atoms with van der Waals surface area (Å²) < 4.78 is 10.6. The van der Waals surface area contributed by atoms with E-state index in [0.29, 0.717) is 28.6 Å². The number of ether oxygens (including phenoxy) is 2. The summed E-state index contributed by atoms with van der Waals surface area (Å²) in [6, 6.07) is 15.3. The minimum absolute atomic E-state index is 0.414. The van der Waals surface area contributed by atoms with E-state index in [1.165, 1.54) is 0 Å². The van der Waals surface area contributed by atoms with Crippen LogP contribution in [-0.2, 0) is 0 Å². The molecule has 0 saturated carbocycles. The molecule has 0 saturated heterocycles. The van der Waals surface area contributed by atoms with Crippen molar-refractivity contribution >= 4 is 22.8 Å². The highest BCUT2D eigenvalue weighted by Crippen LogP contribution is 2.27. The van der Waals surface area contributed by atoms with E-state index in [1.807, 2.05) is 42.5 Å². The maximum Gasteiger partial charge on any atom is 0.229 e. The maximum absolute atomic E-state index is 5.29. The summed E-state index contributed by atoms with van der Waals surface area (Å²) in [4.78, 5) is 17.8. The fourth-order valence-electron chi connectivity index (χ4n) is 2.63. The van der Waals surface area contributed by atoms with Gasteiger partial charge in [0.15, 0.2) is 5.65 Å². The summed E-state index contributed by atoms with van der Waals surface area (Å²) in [7, 11) is 3.21. The highest BCUT2D eigenvalue weighted by Gasteiger charge is 2.08. The molecule has 0 amide bonds. The number of hydrogen-bond donors (Lipinski definition) is 1. The summed E-state index contributed by atoms with van der Waals surface area (Å²) in [5.74, 6) is 1.75. The van der Waals surface area contributed by atoms with E-state index in [0.717, 1.165) is 16.9 Å². The number of nitrogens with zero attached hydrogens (tertiary/aromatic N) is 4. The predicted octanol–water partition coefficient (Wildman–Crippen LogP) is 3.85. The van der Waals surface area contributed by atoms with Gasteiger partial charge >= 0.3 is 0 Å². The average molecular weight is 359 g/mol. The van der Waals surface area contributed by atoms with Crippen molar-refractivity contribution in [1.82, 2.24) is 19.9 Å². The molecule has 0 aliphatic rings. The van der Waals surface area contributed by atoms with Crippen LogP contribution in [0.3, 0.4) is 0 Å². The van der Waals surface area contributed by atoms with Gasteiger partial charge in [0.25, 0.3) is 0 Å². The number of nitrogens with one attached hydrogen (secondary N) is 1. The van der Waals surface area contributed by atoms with Gasteiger partial charge in [-0.1, -0.05) is 30.3 Å². The quantitative estimate of drug-likeness (QED) is 0.579. The third-order valence-corrected chi connectivity index (χ3v) is 3.98. The third-order valence-electron chi connectivity index (χ3n) is 3.98. The Kier molecular flexibility index (Phi) is 4.49. The van der Waals surface area contributed by atoms with Gasteiger partial charge in [0.2, 0.25) is 5.95 Å². The van der Waals surface area contributed by atoms with Crippen molar-refractivity contribution in [3.63, 3.8) is 0 Å². The van der Waals surface area contributed by atoms with Gasteiger partial charge in [0.05, 0.1) is 32.3 Å². The maximum atomic E-state index is 5.29. The molecule has 0 atom stereocenters. The Balaban J connectivity index is 1.69. The molecule has 0 bridgehead atoms. The van der Waals surface area contributed by atoms with Crippen molar-refractivity contribution in [2.75, 3.05) is 19.5 Å². The standard InChI is InChI=1S/C20H17N5O2/c1-26-15-8-14(9-16(10-15)27-2)23-20-22-12-18-19(25-20)24-17(11-21-18)13-6-4-3-5-7-13/h3-12H,1-2H3,(H,22,23,24,25). The van der Waals surface area contributed by atoms with Crippen LogP contribution < -0.4 is 14.8 Å². The number of fused-ring (bicyclic) bond motifs is 1. The van der Waals surface area contributed by atoms with Gasteiger partial charge in [0.1, 0.15) is 17.0 Å². The van der Waals surface area contributed by atoms with E-state index in [9.17, 15) is 0 Å². The second-order valence-corrected chi connectivity index (χ2v) is 5.75. The summed E-state index contributed by atoms with van der Waals surface area (Å²) in [5.41, 5.74) is 3.64. The minimum Gasteiger partial charge on any atom is -0.497 e. The molecule has 27 heavy (non-hydrogen) atoms. The van der Waals surface area contributed by atoms with Gasteiger partial charge in [-0.15, -0.1) is 0 Å². The third kappa shape index (κ3) is 3.62. The molecule has 0 aliphatic carbocycles. The zero-order valence-corrected chi connectivity index (χ0v) is 14.9. The van der Waals surface area contributed by atoms with Gasteiger partial charge in [-0.05, 0) is 0 Å². The molecule has 0 fully saturated rings. The first kappa shape index (κ1) is 16.7. The zero-order valence-electron chi connectivity index (χ0n) is 14.9. The summed E-state index contributed by atoms with van der Waals surface area (Å²) in [6.45, 7) is 0.